The third kappa shape index (κ3) is 3.41. The predicted octanol–water partition coefficient (Wildman–Crippen LogP) is 2.52. The molecular formula is C14H16N2O3S. The van der Waals surface area contributed by atoms with Gasteiger partial charge < -0.3 is 9.84 Å². The second-order valence-electron chi connectivity index (χ2n) is 4.27. The molecule has 0 fully saturated rings. The molecule has 0 radical (unpaired) electrons. The molecule has 0 aliphatic heterocycles. The summed E-state index contributed by atoms with van der Waals surface area (Å²) in [5, 5.41) is 14.3. The lowest BCUT2D eigenvalue weighted by atomic mass is 10.1. The predicted molar refractivity (Wildman–Crippen MR) is 77.6 cm³/mol. The third-order valence-electron chi connectivity index (χ3n) is 2.76. The number of thiazole rings is 1. The number of aromatic nitrogens is 1. The molecule has 0 saturated carbocycles. The van der Waals surface area contributed by atoms with Crippen LogP contribution in [0.3, 0.4) is 0 Å². The Morgan fingerprint density at radius 3 is 2.65 bits per heavy atom. The standard InChI is InChI=1S/C14H16N2O3S/c1-9(17)11-8-20-14(15-11)16-13(18)12(19-2)10-6-4-3-5-7-10/h3-9,12,17H,1-2H3,(H,15,16,18). The van der Waals surface area contributed by atoms with Crippen LogP contribution in [-0.4, -0.2) is 23.1 Å². The molecule has 5 nitrogen and oxygen atoms in total. The van der Waals surface area contributed by atoms with E-state index in [4.69, 9.17) is 4.74 Å². The van der Waals surface area contributed by atoms with Crippen LogP contribution < -0.4 is 5.32 Å². The number of hydrogen-bond donors (Lipinski definition) is 2. The van der Waals surface area contributed by atoms with Crippen LogP contribution in [0.15, 0.2) is 35.7 Å². The summed E-state index contributed by atoms with van der Waals surface area (Å²) in [6.07, 6.45) is -1.33. The Labute approximate surface area is 121 Å². The molecule has 0 spiro atoms. The lowest BCUT2D eigenvalue weighted by Crippen LogP contribution is -2.22. The molecule has 1 aromatic heterocycles. The zero-order valence-electron chi connectivity index (χ0n) is 11.2. The minimum Gasteiger partial charge on any atom is -0.387 e. The highest BCUT2D eigenvalue weighted by Gasteiger charge is 2.21. The summed E-state index contributed by atoms with van der Waals surface area (Å²) in [6, 6.07) is 9.24. The van der Waals surface area contributed by atoms with E-state index in [-0.39, 0.29) is 5.91 Å². The van der Waals surface area contributed by atoms with Crippen molar-refractivity contribution in [1.29, 1.82) is 0 Å². The second kappa shape index (κ2) is 6.60. The fourth-order valence-electron chi connectivity index (χ4n) is 1.73. The van der Waals surface area contributed by atoms with Crippen LogP contribution >= 0.6 is 11.3 Å². The van der Waals surface area contributed by atoms with Crippen molar-refractivity contribution >= 4 is 22.4 Å². The summed E-state index contributed by atoms with van der Waals surface area (Å²) >= 11 is 1.27. The smallest absolute Gasteiger partial charge is 0.259 e. The van der Waals surface area contributed by atoms with Crippen molar-refractivity contribution in [1.82, 2.24) is 4.98 Å². The highest BCUT2D eigenvalue weighted by Crippen LogP contribution is 2.23. The van der Waals surface area contributed by atoms with Crippen molar-refractivity contribution < 1.29 is 14.6 Å². The van der Waals surface area contributed by atoms with Crippen LogP contribution in [0.2, 0.25) is 0 Å². The van der Waals surface area contributed by atoms with E-state index in [1.54, 1.807) is 12.3 Å². The van der Waals surface area contributed by atoms with Crippen LogP contribution in [0.25, 0.3) is 0 Å². The zero-order chi connectivity index (χ0) is 14.5. The minimum absolute atomic E-state index is 0.287. The van der Waals surface area contributed by atoms with Gasteiger partial charge in [-0.2, -0.15) is 0 Å². The quantitative estimate of drug-likeness (QED) is 0.888. The van der Waals surface area contributed by atoms with Crippen molar-refractivity contribution in [3.05, 3.63) is 47.0 Å². The first-order valence-electron chi connectivity index (χ1n) is 6.14. The first-order chi connectivity index (χ1) is 9.61. The Morgan fingerprint density at radius 1 is 1.40 bits per heavy atom. The van der Waals surface area contributed by atoms with Crippen LogP contribution in [0.5, 0.6) is 0 Å². The maximum Gasteiger partial charge on any atom is 0.259 e. The maximum atomic E-state index is 12.2. The van der Waals surface area contributed by atoms with E-state index in [0.717, 1.165) is 5.56 Å². The largest absolute Gasteiger partial charge is 0.387 e. The topological polar surface area (TPSA) is 71.5 Å². The van der Waals surface area contributed by atoms with Gasteiger partial charge in [-0.15, -0.1) is 11.3 Å². The highest BCUT2D eigenvalue weighted by molar-refractivity contribution is 7.13. The number of anilines is 1. The highest BCUT2D eigenvalue weighted by atomic mass is 32.1. The molecule has 20 heavy (non-hydrogen) atoms. The number of carbonyl (C=O) groups excluding carboxylic acids is 1. The Kier molecular flexibility index (Phi) is 4.84. The van der Waals surface area contributed by atoms with Gasteiger partial charge in [0.25, 0.3) is 5.91 Å². The Bertz CT molecular complexity index is 569. The number of aliphatic hydroxyl groups excluding tert-OH is 1. The lowest BCUT2D eigenvalue weighted by molar-refractivity contribution is -0.126. The van der Waals surface area contributed by atoms with Crippen molar-refractivity contribution in [3.8, 4) is 0 Å². The molecular weight excluding hydrogens is 276 g/mol. The minimum atomic E-state index is -0.685. The first-order valence-corrected chi connectivity index (χ1v) is 7.02. The van der Waals surface area contributed by atoms with Crippen molar-refractivity contribution in [2.45, 2.75) is 19.1 Å². The average molecular weight is 292 g/mol. The van der Waals surface area contributed by atoms with Crippen LogP contribution in [-0.2, 0) is 9.53 Å². The second-order valence-corrected chi connectivity index (χ2v) is 5.13. The van der Waals surface area contributed by atoms with Gasteiger partial charge in [-0.05, 0) is 12.5 Å². The van der Waals surface area contributed by atoms with Gasteiger partial charge in [0.15, 0.2) is 11.2 Å². The Balaban J connectivity index is 2.09. The van der Waals surface area contributed by atoms with E-state index < -0.39 is 12.2 Å². The molecule has 1 heterocycles. The number of amides is 1. The van der Waals surface area contributed by atoms with E-state index in [1.165, 1.54) is 18.4 Å². The summed E-state index contributed by atoms with van der Waals surface area (Å²) in [4.78, 5) is 16.3. The Morgan fingerprint density at radius 2 is 2.10 bits per heavy atom. The van der Waals surface area contributed by atoms with Gasteiger partial charge in [0, 0.05) is 12.5 Å². The van der Waals surface area contributed by atoms with Gasteiger partial charge in [-0.1, -0.05) is 30.3 Å². The molecule has 106 valence electrons. The van der Waals surface area contributed by atoms with E-state index in [9.17, 15) is 9.90 Å². The number of ether oxygens (including phenoxy) is 1. The third-order valence-corrected chi connectivity index (χ3v) is 3.53. The van der Waals surface area contributed by atoms with Crippen LogP contribution in [0, 0.1) is 0 Å². The van der Waals surface area contributed by atoms with Gasteiger partial charge in [-0.25, -0.2) is 4.98 Å². The molecule has 0 bridgehead atoms. The average Bonchev–Trinajstić information content (AvgIpc) is 2.89. The molecule has 6 heteroatoms. The van der Waals surface area contributed by atoms with Crippen molar-refractivity contribution in [2.75, 3.05) is 12.4 Å². The number of aliphatic hydroxyl groups is 1. The first kappa shape index (κ1) is 14.6. The fraction of sp³-hybridized carbons (Fsp3) is 0.286. The van der Waals surface area contributed by atoms with E-state index in [1.807, 2.05) is 30.3 Å². The lowest BCUT2D eigenvalue weighted by Gasteiger charge is -2.14. The zero-order valence-corrected chi connectivity index (χ0v) is 12.1. The molecule has 1 aromatic carbocycles. The van der Waals surface area contributed by atoms with Crippen molar-refractivity contribution in [3.63, 3.8) is 0 Å². The number of benzene rings is 1. The molecule has 0 aliphatic carbocycles. The fourth-order valence-corrected chi connectivity index (χ4v) is 2.53. The van der Waals surface area contributed by atoms with Gasteiger partial charge >= 0.3 is 0 Å². The number of nitrogens with zero attached hydrogens (tertiary/aromatic N) is 1. The summed E-state index contributed by atoms with van der Waals surface area (Å²) in [7, 11) is 1.49. The molecule has 2 aromatic rings. The van der Waals surface area contributed by atoms with Crippen LogP contribution in [0.1, 0.15) is 30.4 Å². The summed E-state index contributed by atoms with van der Waals surface area (Å²) in [5.41, 5.74) is 1.32. The number of rotatable bonds is 5. The van der Waals surface area contributed by atoms with E-state index in [2.05, 4.69) is 10.3 Å². The van der Waals surface area contributed by atoms with Gasteiger partial charge in [0.05, 0.1) is 11.8 Å². The number of nitrogens with one attached hydrogen (secondary N) is 1. The van der Waals surface area contributed by atoms with Gasteiger partial charge in [0.1, 0.15) is 0 Å². The molecule has 2 atom stereocenters. The van der Waals surface area contributed by atoms with Gasteiger partial charge in [-0.3, -0.25) is 10.1 Å². The van der Waals surface area contributed by atoms with E-state index >= 15 is 0 Å². The summed E-state index contributed by atoms with van der Waals surface area (Å²) in [5.74, 6) is -0.287. The molecule has 2 N–H and O–H groups in total. The molecule has 0 saturated heterocycles. The summed E-state index contributed by atoms with van der Waals surface area (Å²) < 4.78 is 5.24. The molecule has 2 rings (SSSR count). The SMILES string of the molecule is COC(C(=O)Nc1nc(C(C)O)cs1)c1ccccc1. The number of carbonyl (C=O) groups is 1. The number of hydrogen-bond acceptors (Lipinski definition) is 5. The Hall–Kier alpha value is -1.76. The monoisotopic (exact) mass is 292 g/mol. The molecule has 0 aliphatic rings. The van der Waals surface area contributed by atoms with Crippen molar-refractivity contribution in [2.24, 2.45) is 0 Å². The molecule has 1 amide bonds. The van der Waals surface area contributed by atoms with Crippen LogP contribution in [0.4, 0.5) is 5.13 Å². The number of methoxy groups -OCH3 is 1. The normalized spacial score (nSPS) is 13.8. The van der Waals surface area contributed by atoms with Gasteiger partial charge in [0.2, 0.25) is 0 Å². The molecule has 2 unspecified atom stereocenters. The maximum absolute atomic E-state index is 12.2. The summed E-state index contributed by atoms with van der Waals surface area (Å²) in [6.45, 7) is 1.63. The van der Waals surface area contributed by atoms with E-state index in [0.29, 0.717) is 10.8 Å².